The van der Waals surface area contributed by atoms with Crippen LogP contribution in [0.4, 0.5) is 5.69 Å². The molecule has 2 nitrogen and oxygen atoms in total. The highest BCUT2D eigenvalue weighted by atomic mass is 35.5. The Bertz CT molecular complexity index is 329. The van der Waals surface area contributed by atoms with E-state index in [1.54, 1.807) is 12.1 Å². The van der Waals surface area contributed by atoms with Crippen molar-refractivity contribution < 1.29 is 4.74 Å². The van der Waals surface area contributed by atoms with Gasteiger partial charge in [-0.05, 0) is 12.5 Å². The number of hydrogen-bond acceptors (Lipinski definition) is 2. The van der Waals surface area contributed by atoms with Crippen molar-refractivity contribution >= 4 is 28.9 Å². The molecule has 0 unspecified atom stereocenters. The van der Waals surface area contributed by atoms with Crippen LogP contribution in [0.5, 0.6) is 5.75 Å². The molecule has 0 atom stereocenters. The molecule has 2 N–H and O–H groups in total. The molecule has 1 rings (SSSR count). The van der Waals surface area contributed by atoms with Gasteiger partial charge in [0, 0.05) is 6.07 Å². The van der Waals surface area contributed by atoms with Crippen LogP contribution in [-0.4, -0.2) is 6.61 Å². The Kier molecular flexibility index (Phi) is 5.06. The van der Waals surface area contributed by atoms with Crippen molar-refractivity contribution in [2.24, 2.45) is 0 Å². The molecule has 0 aliphatic heterocycles. The third kappa shape index (κ3) is 3.80. The maximum atomic E-state index is 5.86. The number of halogens is 2. The molecule has 84 valence electrons. The normalized spacial score (nSPS) is 10.3. The van der Waals surface area contributed by atoms with Gasteiger partial charge in [0.25, 0.3) is 0 Å². The zero-order valence-corrected chi connectivity index (χ0v) is 10.2. The maximum absolute atomic E-state index is 5.86. The van der Waals surface area contributed by atoms with E-state index in [9.17, 15) is 0 Å². The zero-order valence-electron chi connectivity index (χ0n) is 8.72. The van der Waals surface area contributed by atoms with E-state index in [4.69, 9.17) is 33.7 Å². The Labute approximate surface area is 100 Å². The van der Waals surface area contributed by atoms with E-state index in [2.05, 4.69) is 6.92 Å². The van der Waals surface area contributed by atoms with E-state index in [1.165, 1.54) is 6.42 Å². The third-order valence-electron chi connectivity index (χ3n) is 2.06. The maximum Gasteiger partial charge on any atom is 0.143 e. The molecule has 0 aliphatic rings. The summed E-state index contributed by atoms with van der Waals surface area (Å²) in [5.41, 5.74) is 6.27. The highest BCUT2D eigenvalue weighted by Crippen LogP contribution is 2.32. The quantitative estimate of drug-likeness (QED) is 0.627. The number of unbranched alkanes of at least 4 members (excludes halogenated alkanes) is 2. The number of nitrogens with two attached hydrogens (primary N) is 1. The summed E-state index contributed by atoms with van der Waals surface area (Å²) in [6.07, 6.45) is 3.34. The minimum absolute atomic E-state index is 0.454. The molecule has 1 aromatic rings. The van der Waals surface area contributed by atoms with Gasteiger partial charge in [-0.3, -0.25) is 0 Å². The minimum Gasteiger partial charge on any atom is -0.491 e. The lowest BCUT2D eigenvalue weighted by molar-refractivity contribution is 0.308. The molecule has 0 radical (unpaired) electrons. The molecule has 0 bridgehead atoms. The zero-order chi connectivity index (χ0) is 11.3. The lowest BCUT2D eigenvalue weighted by Gasteiger charge is -2.09. The Balaban J connectivity index is 2.57. The number of nitrogen functional groups attached to an aromatic ring is 1. The first-order valence-electron chi connectivity index (χ1n) is 5.02. The SMILES string of the molecule is CCCCCOc1cc(Cl)c(Cl)cc1N. The molecule has 0 spiro atoms. The Hall–Kier alpha value is -0.600. The molecular formula is C11H15Cl2NO. The molecule has 4 heteroatoms. The van der Waals surface area contributed by atoms with Crippen molar-refractivity contribution in [1.29, 1.82) is 0 Å². The first-order chi connectivity index (χ1) is 7.15. The molecule has 0 amide bonds. The van der Waals surface area contributed by atoms with Gasteiger partial charge < -0.3 is 10.5 Å². The Morgan fingerprint density at radius 1 is 1.20 bits per heavy atom. The van der Waals surface area contributed by atoms with Crippen LogP contribution in [0.25, 0.3) is 0 Å². The first kappa shape index (κ1) is 12.5. The lowest BCUT2D eigenvalue weighted by Crippen LogP contribution is -2.00. The molecule has 1 aromatic carbocycles. The van der Waals surface area contributed by atoms with Crippen molar-refractivity contribution in [3.05, 3.63) is 22.2 Å². The van der Waals surface area contributed by atoms with Crippen LogP contribution in [-0.2, 0) is 0 Å². The molecule has 0 fully saturated rings. The lowest BCUT2D eigenvalue weighted by atomic mass is 10.2. The first-order valence-corrected chi connectivity index (χ1v) is 5.78. The van der Waals surface area contributed by atoms with Crippen LogP contribution in [0.3, 0.4) is 0 Å². The smallest absolute Gasteiger partial charge is 0.143 e. The summed E-state index contributed by atoms with van der Waals surface area (Å²) >= 11 is 11.7. The van der Waals surface area contributed by atoms with Gasteiger partial charge in [-0.2, -0.15) is 0 Å². The van der Waals surface area contributed by atoms with Crippen LogP contribution in [0.2, 0.25) is 10.0 Å². The van der Waals surface area contributed by atoms with Crippen LogP contribution in [0.15, 0.2) is 12.1 Å². The van der Waals surface area contributed by atoms with E-state index in [0.717, 1.165) is 12.8 Å². The number of anilines is 1. The molecule has 0 heterocycles. The number of benzene rings is 1. The van der Waals surface area contributed by atoms with Crippen LogP contribution >= 0.6 is 23.2 Å². The van der Waals surface area contributed by atoms with Gasteiger partial charge in [-0.25, -0.2) is 0 Å². The van der Waals surface area contributed by atoms with Crippen molar-refractivity contribution in [3.8, 4) is 5.75 Å². The third-order valence-corrected chi connectivity index (χ3v) is 2.78. The molecular weight excluding hydrogens is 233 g/mol. The summed E-state index contributed by atoms with van der Waals surface area (Å²) in [5.74, 6) is 0.612. The number of rotatable bonds is 5. The standard InChI is InChI=1S/C11H15Cl2NO/c1-2-3-4-5-15-11-7-9(13)8(12)6-10(11)14/h6-7H,2-5,14H2,1H3. The Morgan fingerprint density at radius 2 is 1.87 bits per heavy atom. The fourth-order valence-corrected chi connectivity index (χ4v) is 1.53. The topological polar surface area (TPSA) is 35.2 Å². The van der Waals surface area contributed by atoms with E-state index in [-0.39, 0.29) is 0 Å². The average Bonchev–Trinajstić information content (AvgIpc) is 2.20. The van der Waals surface area contributed by atoms with E-state index in [1.807, 2.05) is 0 Å². The number of hydrogen-bond donors (Lipinski definition) is 1. The predicted molar refractivity (Wildman–Crippen MR) is 65.9 cm³/mol. The highest BCUT2D eigenvalue weighted by molar-refractivity contribution is 6.42. The summed E-state index contributed by atoms with van der Waals surface area (Å²) in [6, 6.07) is 3.27. The van der Waals surface area contributed by atoms with Gasteiger partial charge in [0.1, 0.15) is 5.75 Å². The second-order valence-corrected chi connectivity index (χ2v) is 4.17. The van der Waals surface area contributed by atoms with Gasteiger partial charge in [0.15, 0.2) is 0 Å². The van der Waals surface area contributed by atoms with E-state index < -0.39 is 0 Å². The summed E-state index contributed by atoms with van der Waals surface area (Å²) in [6.45, 7) is 2.81. The largest absolute Gasteiger partial charge is 0.491 e. The van der Waals surface area contributed by atoms with Gasteiger partial charge in [-0.1, -0.05) is 43.0 Å². The second-order valence-electron chi connectivity index (χ2n) is 3.36. The monoisotopic (exact) mass is 247 g/mol. The predicted octanol–water partition coefficient (Wildman–Crippen LogP) is 4.14. The molecule has 0 saturated heterocycles. The van der Waals surface area contributed by atoms with E-state index >= 15 is 0 Å². The van der Waals surface area contributed by atoms with Gasteiger partial charge >= 0.3 is 0 Å². The summed E-state index contributed by atoms with van der Waals surface area (Å²) in [4.78, 5) is 0. The fraction of sp³-hybridized carbons (Fsp3) is 0.455. The van der Waals surface area contributed by atoms with Gasteiger partial charge in [-0.15, -0.1) is 0 Å². The van der Waals surface area contributed by atoms with Crippen LogP contribution < -0.4 is 10.5 Å². The molecule has 15 heavy (non-hydrogen) atoms. The van der Waals surface area contributed by atoms with Crippen LogP contribution in [0.1, 0.15) is 26.2 Å². The summed E-state index contributed by atoms with van der Waals surface area (Å²) in [5, 5.41) is 0.923. The second kappa shape index (κ2) is 6.09. The Morgan fingerprint density at radius 3 is 2.53 bits per heavy atom. The van der Waals surface area contributed by atoms with Gasteiger partial charge in [0.05, 0.1) is 22.3 Å². The molecule has 0 aromatic heterocycles. The summed E-state index contributed by atoms with van der Waals surface area (Å²) in [7, 11) is 0. The van der Waals surface area contributed by atoms with Gasteiger partial charge in [0.2, 0.25) is 0 Å². The van der Waals surface area contributed by atoms with Crippen molar-refractivity contribution in [3.63, 3.8) is 0 Å². The molecule has 0 saturated carbocycles. The average molecular weight is 248 g/mol. The minimum atomic E-state index is 0.454. The van der Waals surface area contributed by atoms with Crippen molar-refractivity contribution in [2.45, 2.75) is 26.2 Å². The summed E-state index contributed by atoms with van der Waals surface area (Å²) < 4.78 is 5.51. The number of ether oxygens (including phenoxy) is 1. The van der Waals surface area contributed by atoms with Crippen molar-refractivity contribution in [1.82, 2.24) is 0 Å². The molecule has 0 aliphatic carbocycles. The van der Waals surface area contributed by atoms with Crippen molar-refractivity contribution in [2.75, 3.05) is 12.3 Å². The van der Waals surface area contributed by atoms with Crippen LogP contribution in [0, 0.1) is 0 Å². The fourth-order valence-electron chi connectivity index (χ4n) is 1.20. The highest BCUT2D eigenvalue weighted by Gasteiger charge is 2.05. The van der Waals surface area contributed by atoms with E-state index in [0.29, 0.717) is 28.1 Å².